The Kier molecular flexibility index (Phi) is 4.03. The number of hydrogen-bond acceptors (Lipinski definition) is 2. The molecular weight excluding hydrogens is 273 g/mol. The van der Waals surface area contributed by atoms with Gasteiger partial charge in [-0.3, -0.25) is 4.79 Å². The van der Waals surface area contributed by atoms with Crippen LogP contribution >= 0.6 is 0 Å². The highest BCUT2D eigenvalue weighted by molar-refractivity contribution is 6.04. The minimum Gasteiger partial charge on any atom is -0.478 e. The van der Waals surface area contributed by atoms with Crippen molar-refractivity contribution >= 4 is 17.6 Å². The Morgan fingerprint density at radius 2 is 1.81 bits per heavy atom. The van der Waals surface area contributed by atoms with Gasteiger partial charge in [0.15, 0.2) is 0 Å². The quantitative estimate of drug-likeness (QED) is 0.909. The number of amides is 1. The molecule has 0 fully saturated rings. The van der Waals surface area contributed by atoms with Gasteiger partial charge in [0, 0.05) is 11.3 Å². The lowest BCUT2D eigenvalue weighted by Gasteiger charge is -2.08. The third-order valence-corrected chi connectivity index (χ3v) is 3.02. The van der Waals surface area contributed by atoms with E-state index in [0.717, 1.165) is 6.07 Å². The number of anilines is 1. The Hall–Kier alpha value is -2.69. The van der Waals surface area contributed by atoms with E-state index < -0.39 is 17.7 Å². The second kappa shape index (κ2) is 5.75. The summed E-state index contributed by atoms with van der Waals surface area (Å²) in [6, 6.07) is 8.55. The number of carbonyl (C=O) groups excluding carboxylic acids is 1. The molecule has 0 spiro atoms. The van der Waals surface area contributed by atoms with Crippen LogP contribution in [0.5, 0.6) is 0 Å². The van der Waals surface area contributed by atoms with E-state index in [2.05, 4.69) is 5.32 Å². The lowest BCUT2D eigenvalue weighted by atomic mass is 10.1. The van der Waals surface area contributed by atoms with E-state index >= 15 is 0 Å². The topological polar surface area (TPSA) is 66.4 Å². The maximum atomic E-state index is 13.3. The molecular formula is C16H14FNO3. The average Bonchev–Trinajstić information content (AvgIpc) is 2.37. The van der Waals surface area contributed by atoms with Crippen molar-refractivity contribution < 1.29 is 19.1 Å². The van der Waals surface area contributed by atoms with Crippen LogP contribution in [0.4, 0.5) is 10.1 Å². The maximum Gasteiger partial charge on any atom is 0.335 e. The summed E-state index contributed by atoms with van der Waals surface area (Å²) in [5, 5.41) is 11.6. The number of aryl methyl sites for hydroxylation is 2. The number of aromatic carboxylic acids is 1. The van der Waals surface area contributed by atoms with Gasteiger partial charge in [-0.25, -0.2) is 9.18 Å². The molecule has 0 aromatic heterocycles. The number of nitrogens with one attached hydrogen (secondary N) is 1. The second-order valence-electron chi connectivity index (χ2n) is 4.81. The first-order valence-corrected chi connectivity index (χ1v) is 6.29. The largest absolute Gasteiger partial charge is 0.478 e. The molecule has 0 saturated carbocycles. The predicted molar refractivity (Wildman–Crippen MR) is 77.2 cm³/mol. The molecule has 0 aliphatic carbocycles. The zero-order valence-corrected chi connectivity index (χ0v) is 11.6. The van der Waals surface area contributed by atoms with Gasteiger partial charge in [-0.15, -0.1) is 0 Å². The highest BCUT2D eigenvalue weighted by Crippen LogP contribution is 2.17. The Morgan fingerprint density at radius 3 is 2.38 bits per heavy atom. The van der Waals surface area contributed by atoms with Crippen molar-refractivity contribution in [2.75, 3.05) is 5.32 Å². The third-order valence-electron chi connectivity index (χ3n) is 3.02. The van der Waals surface area contributed by atoms with E-state index in [4.69, 9.17) is 5.11 Å². The molecule has 2 N–H and O–H groups in total. The fourth-order valence-corrected chi connectivity index (χ4v) is 2.05. The molecule has 21 heavy (non-hydrogen) atoms. The van der Waals surface area contributed by atoms with Gasteiger partial charge in [-0.1, -0.05) is 0 Å². The van der Waals surface area contributed by atoms with Crippen molar-refractivity contribution in [3.8, 4) is 0 Å². The summed E-state index contributed by atoms with van der Waals surface area (Å²) in [4.78, 5) is 23.0. The monoisotopic (exact) mass is 287 g/mol. The van der Waals surface area contributed by atoms with Crippen molar-refractivity contribution in [2.24, 2.45) is 0 Å². The van der Waals surface area contributed by atoms with Crippen molar-refractivity contribution in [1.82, 2.24) is 0 Å². The van der Waals surface area contributed by atoms with Crippen LogP contribution < -0.4 is 5.32 Å². The molecule has 0 unspecified atom stereocenters. The van der Waals surface area contributed by atoms with Crippen molar-refractivity contribution in [3.05, 3.63) is 64.5 Å². The number of carboxylic acid groups (broad SMARTS) is 1. The van der Waals surface area contributed by atoms with Gasteiger partial charge < -0.3 is 10.4 Å². The average molecular weight is 287 g/mol. The highest BCUT2D eigenvalue weighted by atomic mass is 19.1. The van der Waals surface area contributed by atoms with Crippen molar-refractivity contribution in [1.29, 1.82) is 0 Å². The summed E-state index contributed by atoms with van der Waals surface area (Å²) >= 11 is 0. The van der Waals surface area contributed by atoms with Crippen LogP contribution in [0.2, 0.25) is 0 Å². The molecule has 0 saturated heterocycles. The first-order chi connectivity index (χ1) is 9.86. The second-order valence-corrected chi connectivity index (χ2v) is 4.81. The number of benzene rings is 2. The molecule has 0 bridgehead atoms. The highest BCUT2D eigenvalue weighted by Gasteiger charge is 2.11. The Labute approximate surface area is 121 Å². The summed E-state index contributed by atoms with van der Waals surface area (Å²) in [7, 11) is 0. The van der Waals surface area contributed by atoms with Gasteiger partial charge in [0.05, 0.1) is 5.56 Å². The van der Waals surface area contributed by atoms with Crippen LogP contribution in [0, 0.1) is 19.7 Å². The molecule has 5 heteroatoms. The van der Waals surface area contributed by atoms with E-state index in [1.807, 2.05) is 0 Å². The van der Waals surface area contributed by atoms with E-state index in [9.17, 15) is 14.0 Å². The van der Waals surface area contributed by atoms with Crippen LogP contribution in [0.3, 0.4) is 0 Å². The van der Waals surface area contributed by atoms with Gasteiger partial charge in [0.2, 0.25) is 0 Å². The maximum absolute atomic E-state index is 13.3. The molecule has 108 valence electrons. The van der Waals surface area contributed by atoms with Gasteiger partial charge >= 0.3 is 5.97 Å². The van der Waals surface area contributed by atoms with Crippen LogP contribution in [-0.4, -0.2) is 17.0 Å². The molecule has 2 aromatic carbocycles. The van der Waals surface area contributed by atoms with Gasteiger partial charge in [0.25, 0.3) is 5.91 Å². The van der Waals surface area contributed by atoms with Crippen molar-refractivity contribution in [3.63, 3.8) is 0 Å². The zero-order chi connectivity index (χ0) is 15.6. The molecule has 0 radical (unpaired) electrons. The van der Waals surface area contributed by atoms with Crippen molar-refractivity contribution in [2.45, 2.75) is 13.8 Å². The number of rotatable bonds is 3. The summed E-state index contributed by atoms with van der Waals surface area (Å²) in [6.45, 7) is 3.34. The summed E-state index contributed by atoms with van der Waals surface area (Å²) in [5.74, 6) is -1.94. The summed E-state index contributed by atoms with van der Waals surface area (Å²) < 4.78 is 13.3. The van der Waals surface area contributed by atoms with E-state index in [1.165, 1.54) is 18.2 Å². The molecule has 1 amide bonds. The molecule has 2 rings (SSSR count). The van der Waals surface area contributed by atoms with Crippen LogP contribution in [-0.2, 0) is 0 Å². The Balaban J connectivity index is 2.23. The zero-order valence-electron chi connectivity index (χ0n) is 11.6. The van der Waals surface area contributed by atoms with Gasteiger partial charge in [-0.2, -0.15) is 0 Å². The molecule has 4 nitrogen and oxygen atoms in total. The summed E-state index contributed by atoms with van der Waals surface area (Å²) in [5.41, 5.74) is 2.04. The third kappa shape index (κ3) is 3.45. The Bertz CT molecular complexity index is 705. The van der Waals surface area contributed by atoms with Crippen LogP contribution in [0.1, 0.15) is 31.8 Å². The van der Waals surface area contributed by atoms with Gasteiger partial charge in [0.1, 0.15) is 5.82 Å². The van der Waals surface area contributed by atoms with E-state index in [1.54, 1.807) is 26.0 Å². The minimum atomic E-state index is -1.02. The van der Waals surface area contributed by atoms with E-state index in [-0.39, 0.29) is 11.1 Å². The van der Waals surface area contributed by atoms with Gasteiger partial charge in [-0.05, 0) is 61.4 Å². The molecule has 2 aromatic rings. The standard InChI is InChI=1S/C16H14FNO3/c1-9-5-11(8-12(17)6-9)15(19)18-13-3-4-14(16(20)21)10(2)7-13/h3-8H,1-2H3,(H,18,19)(H,20,21). The minimum absolute atomic E-state index is 0.176. The number of halogens is 1. The molecule has 0 aliphatic heterocycles. The fourth-order valence-electron chi connectivity index (χ4n) is 2.05. The van der Waals surface area contributed by atoms with Crippen LogP contribution in [0.15, 0.2) is 36.4 Å². The predicted octanol–water partition coefficient (Wildman–Crippen LogP) is 3.39. The molecule has 0 heterocycles. The fraction of sp³-hybridized carbons (Fsp3) is 0.125. The lowest BCUT2D eigenvalue weighted by Crippen LogP contribution is -2.13. The molecule has 0 atom stereocenters. The molecule has 0 aliphatic rings. The first-order valence-electron chi connectivity index (χ1n) is 6.29. The SMILES string of the molecule is Cc1cc(F)cc(C(=O)Nc2ccc(C(=O)O)c(C)c2)c1. The number of carboxylic acids is 1. The number of hydrogen-bond donors (Lipinski definition) is 2. The first kappa shape index (κ1) is 14.7. The smallest absolute Gasteiger partial charge is 0.335 e. The Morgan fingerprint density at radius 1 is 1.10 bits per heavy atom. The normalized spacial score (nSPS) is 10.2. The number of carbonyl (C=O) groups is 2. The van der Waals surface area contributed by atoms with Crippen LogP contribution in [0.25, 0.3) is 0 Å². The lowest BCUT2D eigenvalue weighted by molar-refractivity contribution is 0.0696. The van der Waals surface area contributed by atoms with E-state index in [0.29, 0.717) is 16.8 Å². The summed E-state index contributed by atoms with van der Waals surface area (Å²) in [6.07, 6.45) is 0.